The van der Waals surface area contributed by atoms with Crippen molar-refractivity contribution in [2.45, 2.75) is 12.6 Å². The summed E-state index contributed by atoms with van der Waals surface area (Å²) in [6, 6.07) is 8.99. The first-order valence-electron chi connectivity index (χ1n) is 10.9. The third-order valence-electron chi connectivity index (χ3n) is 4.77. The minimum atomic E-state index is -5.08. The van der Waals surface area contributed by atoms with Crippen molar-refractivity contribution in [2.24, 2.45) is 16.6 Å². The van der Waals surface area contributed by atoms with Gasteiger partial charge < -0.3 is 35.9 Å². The summed E-state index contributed by atoms with van der Waals surface area (Å²) in [6.07, 6.45) is -0.968. The molecule has 1 aliphatic heterocycles. The molecule has 0 spiro atoms. The SMILES string of the molecule is NC(N)=NOCCCOc1cc(Cl)cc(C(=O)N2CCN(c3ccncc3)CC2)c1.O=C(O)C(F)(F)F. The molecule has 0 aliphatic carbocycles. The average Bonchev–Trinajstić information content (AvgIpc) is 2.85. The Balaban J connectivity index is 0.000000604. The maximum atomic E-state index is 13.0. The van der Waals surface area contributed by atoms with Gasteiger partial charge in [0.2, 0.25) is 5.96 Å². The van der Waals surface area contributed by atoms with Crippen LogP contribution in [0.25, 0.3) is 0 Å². The molecule has 2 heterocycles. The van der Waals surface area contributed by atoms with E-state index in [0.29, 0.717) is 49.1 Å². The molecule has 2 aromatic rings. The van der Waals surface area contributed by atoms with E-state index in [4.69, 9.17) is 42.5 Å². The number of benzene rings is 1. The van der Waals surface area contributed by atoms with Gasteiger partial charge in [0.25, 0.3) is 5.91 Å². The number of pyridine rings is 1. The van der Waals surface area contributed by atoms with E-state index in [1.54, 1.807) is 30.6 Å². The quantitative estimate of drug-likeness (QED) is 0.195. The van der Waals surface area contributed by atoms with Gasteiger partial charge in [0.15, 0.2) is 0 Å². The molecule has 1 saturated heterocycles. The molecule has 3 rings (SSSR count). The van der Waals surface area contributed by atoms with Crippen molar-refractivity contribution in [2.75, 3.05) is 44.3 Å². The number of nitrogens with zero attached hydrogens (tertiary/aromatic N) is 4. The number of carboxylic acid groups (broad SMARTS) is 1. The molecule has 0 atom stereocenters. The van der Waals surface area contributed by atoms with Gasteiger partial charge in [0, 0.05) is 61.3 Å². The van der Waals surface area contributed by atoms with Gasteiger partial charge in [-0.05, 0) is 35.5 Å². The fourth-order valence-corrected chi connectivity index (χ4v) is 3.33. The summed E-state index contributed by atoms with van der Waals surface area (Å²) in [5.74, 6) is -2.42. The molecule has 0 bridgehead atoms. The number of nitrogens with two attached hydrogens (primary N) is 2. The first-order chi connectivity index (χ1) is 17.5. The molecule has 0 saturated carbocycles. The Morgan fingerprint density at radius 3 is 2.27 bits per heavy atom. The van der Waals surface area contributed by atoms with E-state index in [2.05, 4.69) is 15.0 Å². The summed E-state index contributed by atoms with van der Waals surface area (Å²) in [5, 5.41) is 11.0. The lowest BCUT2D eigenvalue weighted by molar-refractivity contribution is -0.192. The van der Waals surface area contributed by atoms with Crippen LogP contribution in [0.2, 0.25) is 5.02 Å². The number of aliphatic carboxylic acids is 1. The summed E-state index contributed by atoms with van der Waals surface area (Å²) in [4.78, 5) is 34.9. The fraction of sp³-hybridized carbons (Fsp3) is 0.364. The maximum Gasteiger partial charge on any atom is 0.490 e. The number of rotatable bonds is 8. The molecule has 202 valence electrons. The molecular formula is C22H26ClF3N6O5. The molecule has 1 fully saturated rings. The average molecular weight is 547 g/mol. The number of alkyl halides is 3. The smallest absolute Gasteiger partial charge is 0.490 e. The normalized spacial score (nSPS) is 13.2. The number of halogens is 4. The number of carbonyl (C=O) groups is 2. The first-order valence-corrected chi connectivity index (χ1v) is 11.2. The van der Waals surface area contributed by atoms with Crippen LogP contribution >= 0.6 is 11.6 Å². The zero-order valence-electron chi connectivity index (χ0n) is 19.5. The van der Waals surface area contributed by atoms with Crippen LogP contribution < -0.4 is 21.1 Å². The third-order valence-corrected chi connectivity index (χ3v) is 4.99. The second kappa shape index (κ2) is 14.0. The molecule has 0 unspecified atom stereocenters. The van der Waals surface area contributed by atoms with Crippen LogP contribution in [0.4, 0.5) is 18.9 Å². The second-order valence-electron chi connectivity index (χ2n) is 7.51. The lowest BCUT2D eigenvalue weighted by Gasteiger charge is -2.36. The standard InChI is InChI=1S/C20H25ClN6O3.C2HF3O2/c21-16-12-15(13-18(14-16)29-10-1-11-30-25-20(22)23)19(28)27-8-6-26(7-9-27)17-2-4-24-5-3-17;3-2(4,5)1(6)7/h2-5,12-14H,1,6-11H2,(H4,22,23,25);(H,6,7). The van der Waals surface area contributed by atoms with Crippen molar-refractivity contribution in [1.29, 1.82) is 0 Å². The third kappa shape index (κ3) is 10.3. The number of carbonyl (C=O) groups excluding carboxylic acids is 1. The number of carboxylic acids is 1. The zero-order valence-corrected chi connectivity index (χ0v) is 20.3. The highest BCUT2D eigenvalue weighted by molar-refractivity contribution is 6.31. The van der Waals surface area contributed by atoms with Gasteiger partial charge in [-0.1, -0.05) is 11.6 Å². The number of ether oxygens (including phenoxy) is 1. The van der Waals surface area contributed by atoms with Crippen LogP contribution in [0.1, 0.15) is 16.8 Å². The number of amides is 1. The lowest BCUT2D eigenvalue weighted by Crippen LogP contribution is -2.48. The highest BCUT2D eigenvalue weighted by atomic mass is 35.5. The zero-order chi connectivity index (χ0) is 27.4. The summed E-state index contributed by atoms with van der Waals surface area (Å²) in [6.45, 7) is 3.47. The van der Waals surface area contributed by atoms with Crippen LogP contribution in [0.15, 0.2) is 47.9 Å². The monoisotopic (exact) mass is 546 g/mol. The largest absolute Gasteiger partial charge is 0.493 e. The van der Waals surface area contributed by atoms with Gasteiger partial charge >= 0.3 is 12.1 Å². The highest BCUT2D eigenvalue weighted by Gasteiger charge is 2.38. The molecular weight excluding hydrogens is 521 g/mol. The Morgan fingerprint density at radius 2 is 1.70 bits per heavy atom. The van der Waals surface area contributed by atoms with Gasteiger partial charge in [-0.2, -0.15) is 13.2 Å². The number of aromatic nitrogens is 1. The molecule has 11 nitrogen and oxygen atoms in total. The lowest BCUT2D eigenvalue weighted by atomic mass is 10.1. The van der Waals surface area contributed by atoms with Crippen molar-refractivity contribution in [3.8, 4) is 5.75 Å². The van der Waals surface area contributed by atoms with Crippen LogP contribution in [0, 0.1) is 0 Å². The van der Waals surface area contributed by atoms with Gasteiger partial charge in [-0.3, -0.25) is 9.78 Å². The first kappa shape index (κ1) is 29.3. The summed E-state index contributed by atoms with van der Waals surface area (Å²) < 4.78 is 37.4. The van der Waals surface area contributed by atoms with E-state index in [0.717, 1.165) is 18.8 Å². The van der Waals surface area contributed by atoms with Crippen LogP contribution in [0.3, 0.4) is 0 Å². The predicted octanol–water partition coefficient (Wildman–Crippen LogP) is 2.30. The second-order valence-corrected chi connectivity index (χ2v) is 7.95. The van der Waals surface area contributed by atoms with Crippen molar-refractivity contribution in [1.82, 2.24) is 9.88 Å². The Hall–Kier alpha value is -3.94. The van der Waals surface area contributed by atoms with Crippen LogP contribution in [-0.4, -0.2) is 78.4 Å². The number of guanidine groups is 1. The Bertz CT molecular complexity index is 1060. The van der Waals surface area contributed by atoms with E-state index in [-0.39, 0.29) is 11.9 Å². The topological polar surface area (TPSA) is 157 Å². The molecule has 1 aromatic carbocycles. The van der Waals surface area contributed by atoms with E-state index in [9.17, 15) is 18.0 Å². The molecule has 0 radical (unpaired) electrons. The van der Waals surface area contributed by atoms with Crippen molar-refractivity contribution < 1.29 is 37.4 Å². The molecule has 5 N–H and O–H groups in total. The van der Waals surface area contributed by atoms with E-state index >= 15 is 0 Å². The number of hydrogen-bond donors (Lipinski definition) is 3. The predicted molar refractivity (Wildman–Crippen MR) is 129 cm³/mol. The summed E-state index contributed by atoms with van der Waals surface area (Å²) in [7, 11) is 0. The van der Waals surface area contributed by atoms with Gasteiger partial charge in [-0.15, -0.1) is 0 Å². The Morgan fingerprint density at radius 1 is 1.08 bits per heavy atom. The van der Waals surface area contributed by atoms with Gasteiger partial charge in [0.1, 0.15) is 12.4 Å². The molecule has 15 heteroatoms. The van der Waals surface area contributed by atoms with E-state index < -0.39 is 12.1 Å². The van der Waals surface area contributed by atoms with E-state index in [1.807, 2.05) is 17.0 Å². The van der Waals surface area contributed by atoms with Crippen molar-refractivity contribution >= 4 is 35.1 Å². The van der Waals surface area contributed by atoms with E-state index in [1.165, 1.54) is 0 Å². The maximum absolute atomic E-state index is 13.0. The Labute approximate surface area is 215 Å². The van der Waals surface area contributed by atoms with Crippen molar-refractivity contribution in [3.63, 3.8) is 0 Å². The fourth-order valence-electron chi connectivity index (χ4n) is 3.11. The highest BCUT2D eigenvalue weighted by Crippen LogP contribution is 2.23. The minimum absolute atomic E-state index is 0.0622. The summed E-state index contributed by atoms with van der Waals surface area (Å²) >= 11 is 6.20. The molecule has 37 heavy (non-hydrogen) atoms. The molecule has 1 aliphatic rings. The van der Waals surface area contributed by atoms with Crippen molar-refractivity contribution in [3.05, 3.63) is 53.3 Å². The number of anilines is 1. The van der Waals surface area contributed by atoms with Crippen LogP contribution in [0.5, 0.6) is 5.75 Å². The molecule has 1 aromatic heterocycles. The molecule has 1 amide bonds. The van der Waals surface area contributed by atoms with Gasteiger partial charge in [-0.25, -0.2) is 4.79 Å². The minimum Gasteiger partial charge on any atom is -0.493 e. The number of piperazine rings is 1. The number of hydrogen-bond acceptors (Lipinski definition) is 7. The van der Waals surface area contributed by atoms with Crippen LogP contribution in [-0.2, 0) is 9.63 Å². The van der Waals surface area contributed by atoms with Gasteiger partial charge in [0.05, 0.1) is 6.61 Å². The number of oxime groups is 1. The summed E-state index contributed by atoms with van der Waals surface area (Å²) in [5.41, 5.74) is 12.0. The Kier molecular flexibility index (Phi) is 11.1.